The van der Waals surface area contributed by atoms with Crippen LogP contribution >= 0.6 is 15.9 Å². The lowest BCUT2D eigenvalue weighted by molar-refractivity contribution is 0.264. The van der Waals surface area contributed by atoms with Gasteiger partial charge in [0.15, 0.2) is 0 Å². The Morgan fingerprint density at radius 3 is 2.72 bits per heavy atom. The third-order valence-corrected chi connectivity index (χ3v) is 4.17. The number of piperidine rings is 1. The molecule has 2 nitrogen and oxygen atoms in total. The summed E-state index contributed by atoms with van der Waals surface area (Å²) in [6.45, 7) is 3.52. The van der Waals surface area contributed by atoms with Crippen LogP contribution in [0, 0.1) is 0 Å². The summed E-state index contributed by atoms with van der Waals surface area (Å²) in [5.41, 5.74) is 1.42. The zero-order valence-electron chi connectivity index (χ0n) is 11.2. The van der Waals surface area contributed by atoms with Gasteiger partial charge in [-0.3, -0.25) is 0 Å². The molecule has 1 saturated heterocycles. The van der Waals surface area contributed by atoms with Crippen molar-refractivity contribution < 1.29 is 0 Å². The van der Waals surface area contributed by atoms with E-state index in [1.165, 1.54) is 37.9 Å². The maximum absolute atomic E-state index is 3.61. The fraction of sp³-hybridized carbons (Fsp3) is 0.600. The smallest absolute Gasteiger partial charge is 0.0194 e. The minimum Gasteiger partial charge on any atom is -0.313 e. The van der Waals surface area contributed by atoms with E-state index in [0.29, 0.717) is 6.04 Å². The second-order valence-corrected chi connectivity index (χ2v) is 6.20. The van der Waals surface area contributed by atoms with Gasteiger partial charge in [0.2, 0.25) is 0 Å². The number of nitrogens with one attached hydrogen (secondary N) is 1. The molecule has 1 atom stereocenters. The summed E-state index contributed by atoms with van der Waals surface area (Å²) < 4.78 is 1.16. The Kier molecular flexibility index (Phi) is 5.67. The van der Waals surface area contributed by atoms with Gasteiger partial charge in [0.1, 0.15) is 0 Å². The van der Waals surface area contributed by atoms with E-state index in [-0.39, 0.29) is 0 Å². The molecule has 1 unspecified atom stereocenters. The Morgan fingerprint density at radius 2 is 2.06 bits per heavy atom. The second kappa shape index (κ2) is 7.27. The van der Waals surface area contributed by atoms with E-state index in [0.717, 1.165) is 17.4 Å². The zero-order chi connectivity index (χ0) is 12.8. The summed E-state index contributed by atoms with van der Waals surface area (Å²) in [6.07, 6.45) is 5.20. The van der Waals surface area contributed by atoms with Gasteiger partial charge in [-0.05, 0) is 50.6 Å². The van der Waals surface area contributed by atoms with Crippen LogP contribution in [0.25, 0.3) is 0 Å². The average molecular weight is 311 g/mol. The van der Waals surface area contributed by atoms with Crippen LogP contribution in [0.4, 0.5) is 0 Å². The van der Waals surface area contributed by atoms with Gasteiger partial charge in [-0.25, -0.2) is 0 Å². The largest absolute Gasteiger partial charge is 0.313 e. The van der Waals surface area contributed by atoms with Crippen LogP contribution in [0.1, 0.15) is 24.8 Å². The molecule has 1 aliphatic heterocycles. The van der Waals surface area contributed by atoms with E-state index in [4.69, 9.17) is 0 Å². The van der Waals surface area contributed by atoms with Crippen molar-refractivity contribution in [1.82, 2.24) is 10.2 Å². The molecule has 1 N–H and O–H groups in total. The van der Waals surface area contributed by atoms with Crippen molar-refractivity contribution in [3.63, 3.8) is 0 Å². The number of nitrogens with zero attached hydrogens (tertiary/aromatic N) is 1. The fourth-order valence-electron chi connectivity index (χ4n) is 2.52. The molecular formula is C15H23BrN2. The van der Waals surface area contributed by atoms with Gasteiger partial charge in [-0.1, -0.05) is 34.5 Å². The van der Waals surface area contributed by atoms with Crippen LogP contribution in [0.15, 0.2) is 28.7 Å². The van der Waals surface area contributed by atoms with E-state index in [9.17, 15) is 0 Å². The Labute approximate surface area is 119 Å². The first-order valence-corrected chi connectivity index (χ1v) is 7.70. The maximum atomic E-state index is 3.61. The summed E-state index contributed by atoms with van der Waals surface area (Å²) in [5, 5.41) is 3.61. The number of hydrogen-bond acceptors (Lipinski definition) is 2. The summed E-state index contributed by atoms with van der Waals surface area (Å²) in [7, 11) is 2.23. The SMILES string of the molecule is CN(CCc1ccc(Br)cc1)CC1CCCCN1. The van der Waals surface area contributed by atoms with Crippen LogP contribution in [0.3, 0.4) is 0 Å². The van der Waals surface area contributed by atoms with Crippen LogP contribution in [-0.2, 0) is 6.42 Å². The predicted molar refractivity (Wildman–Crippen MR) is 81.0 cm³/mol. The third kappa shape index (κ3) is 4.71. The van der Waals surface area contributed by atoms with Gasteiger partial charge < -0.3 is 10.2 Å². The molecule has 0 aliphatic carbocycles. The third-order valence-electron chi connectivity index (χ3n) is 3.64. The maximum Gasteiger partial charge on any atom is 0.0194 e. The zero-order valence-corrected chi connectivity index (χ0v) is 12.7. The van der Waals surface area contributed by atoms with E-state index < -0.39 is 0 Å². The van der Waals surface area contributed by atoms with Gasteiger partial charge >= 0.3 is 0 Å². The Hall–Kier alpha value is -0.380. The molecule has 1 aromatic rings. The topological polar surface area (TPSA) is 15.3 Å². The molecule has 100 valence electrons. The lowest BCUT2D eigenvalue weighted by atomic mass is 10.0. The number of hydrogen-bond donors (Lipinski definition) is 1. The normalized spacial score (nSPS) is 20.3. The highest BCUT2D eigenvalue weighted by molar-refractivity contribution is 9.10. The number of benzene rings is 1. The van der Waals surface area contributed by atoms with Gasteiger partial charge in [-0.15, -0.1) is 0 Å². The first-order chi connectivity index (χ1) is 8.74. The Morgan fingerprint density at radius 1 is 1.28 bits per heavy atom. The molecule has 0 aromatic heterocycles. The van der Waals surface area contributed by atoms with E-state index >= 15 is 0 Å². The van der Waals surface area contributed by atoms with Crippen LogP contribution in [-0.4, -0.2) is 37.6 Å². The van der Waals surface area contributed by atoms with Crippen molar-refractivity contribution in [3.8, 4) is 0 Å². The highest BCUT2D eigenvalue weighted by Crippen LogP contribution is 2.12. The molecular weight excluding hydrogens is 288 g/mol. The predicted octanol–water partition coefficient (Wildman–Crippen LogP) is 3.07. The fourth-order valence-corrected chi connectivity index (χ4v) is 2.78. The summed E-state index contributed by atoms with van der Waals surface area (Å²) in [4.78, 5) is 2.45. The quantitative estimate of drug-likeness (QED) is 0.899. The van der Waals surface area contributed by atoms with E-state index in [1.54, 1.807) is 0 Å². The van der Waals surface area contributed by atoms with Gasteiger partial charge in [0.05, 0.1) is 0 Å². The van der Waals surface area contributed by atoms with Gasteiger partial charge in [-0.2, -0.15) is 0 Å². The lowest BCUT2D eigenvalue weighted by Gasteiger charge is -2.28. The molecule has 3 heteroatoms. The van der Waals surface area contributed by atoms with Crippen molar-refractivity contribution >= 4 is 15.9 Å². The van der Waals surface area contributed by atoms with Gasteiger partial charge in [0, 0.05) is 23.6 Å². The van der Waals surface area contributed by atoms with Crippen molar-refractivity contribution in [2.45, 2.75) is 31.7 Å². The molecule has 1 aromatic carbocycles. The van der Waals surface area contributed by atoms with Gasteiger partial charge in [0.25, 0.3) is 0 Å². The average Bonchev–Trinajstić information content (AvgIpc) is 2.39. The monoisotopic (exact) mass is 310 g/mol. The molecule has 0 bridgehead atoms. The molecule has 0 spiro atoms. The van der Waals surface area contributed by atoms with Crippen LogP contribution < -0.4 is 5.32 Å². The highest BCUT2D eigenvalue weighted by atomic mass is 79.9. The first-order valence-electron chi connectivity index (χ1n) is 6.90. The minimum atomic E-state index is 0.702. The molecule has 1 heterocycles. The summed E-state index contributed by atoms with van der Waals surface area (Å²) in [6, 6.07) is 9.36. The van der Waals surface area contributed by atoms with Crippen molar-refractivity contribution in [2.75, 3.05) is 26.7 Å². The number of rotatable bonds is 5. The molecule has 0 radical (unpaired) electrons. The molecule has 0 saturated carbocycles. The van der Waals surface area contributed by atoms with Crippen molar-refractivity contribution in [1.29, 1.82) is 0 Å². The van der Waals surface area contributed by atoms with Crippen LogP contribution in [0.5, 0.6) is 0 Å². The lowest BCUT2D eigenvalue weighted by Crippen LogP contribution is -2.42. The van der Waals surface area contributed by atoms with E-state index in [1.807, 2.05) is 0 Å². The minimum absolute atomic E-state index is 0.702. The van der Waals surface area contributed by atoms with Crippen molar-refractivity contribution in [2.24, 2.45) is 0 Å². The summed E-state index contributed by atoms with van der Waals surface area (Å²) >= 11 is 3.47. The molecule has 1 aliphatic rings. The van der Waals surface area contributed by atoms with Crippen molar-refractivity contribution in [3.05, 3.63) is 34.3 Å². The standard InChI is InChI=1S/C15H23BrN2/c1-18(12-15-4-2-3-10-17-15)11-9-13-5-7-14(16)8-6-13/h5-8,15,17H,2-4,9-12H2,1H3. The molecule has 1 fully saturated rings. The molecule has 2 rings (SSSR count). The molecule has 0 amide bonds. The summed E-state index contributed by atoms with van der Waals surface area (Å²) in [5.74, 6) is 0. The number of halogens is 1. The van der Waals surface area contributed by atoms with E-state index in [2.05, 4.69) is 57.5 Å². The second-order valence-electron chi connectivity index (χ2n) is 5.29. The molecule has 18 heavy (non-hydrogen) atoms. The highest BCUT2D eigenvalue weighted by Gasteiger charge is 2.14. The first kappa shape index (κ1) is 14.0. The Bertz CT molecular complexity index is 344. The van der Waals surface area contributed by atoms with Crippen LogP contribution in [0.2, 0.25) is 0 Å². The number of likely N-dealkylation sites (N-methyl/N-ethyl adjacent to an activating group) is 1. The Balaban J connectivity index is 1.70.